The maximum absolute atomic E-state index is 14.1. The molecule has 0 saturated carbocycles. The van der Waals surface area contributed by atoms with Crippen LogP contribution >= 0.6 is 0 Å². The van der Waals surface area contributed by atoms with Gasteiger partial charge in [0.2, 0.25) is 0 Å². The second-order valence-electron chi connectivity index (χ2n) is 8.63. The maximum atomic E-state index is 14.1. The van der Waals surface area contributed by atoms with E-state index in [1.54, 1.807) is 24.3 Å². The molecule has 0 unspecified atom stereocenters. The number of nitrogens with zero attached hydrogens (tertiary/aromatic N) is 1. The van der Waals surface area contributed by atoms with Crippen LogP contribution in [-0.4, -0.2) is 28.6 Å². The van der Waals surface area contributed by atoms with E-state index < -0.39 is 35.1 Å². The van der Waals surface area contributed by atoms with Gasteiger partial charge in [-0.05, 0) is 47.9 Å². The van der Waals surface area contributed by atoms with Gasteiger partial charge in [-0.3, -0.25) is 4.79 Å². The minimum Gasteiger partial charge on any atom is -0.481 e. The van der Waals surface area contributed by atoms with Gasteiger partial charge < -0.3 is 14.7 Å². The number of carbonyl (C=O) groups is 2. The Kier molecular flexibility index (Phi) is 6.82. The molecule has 0 bridgehead atoms. The molecule has 182 valence electrons. The van der Waals surface area contributed by atoms with Crippen LogP contribution in [0.25, 0.3) is 11.1 Å². The highest BCUT2D eigenvalue weighted by molar-refractivity contribution is 5.71. The van der Waals surface area contributed by atoms with E-state index in [-0.39, 0.29) is 24.4 Å². The first kappa shape index (κ1) is 24.3. The lowest BCUT2D eigenvalue weighted by atomic mass is 9.84. The predicted octanol–water partition coefficient (Wildman–Crippen LogP) is 6.43. The predicted molar refractivity (Wildman–Crippen MR) is 123 cm³/mol. The minimum atomic E-state index is -1.16. The van der Waals surface area contributed by atoms with Crippen molar-refractivity contribution in [1.29, 1.82) is 0 Å². The molecule has 0 spiro atoms. The monoisotopic (exact) mass is 483 g/mol. The van der Waals surface area contributed by atoms with Gasteiger partial charge in [0, 0.05) is 37.4 Å². The van der Waals surface area contributed by atoms with Crippen LogP contribution in [0.3, 0.4) is 0 Å². The van der Waals surface area contributed by atoms with Crippen molar-refractivity contribution in [3.05, 3.63) is 95.3 Å². The number of carbonyl (C=O) groups excluding carboxylic acids is 1. The van der Waals surface area contributed by atoms with Crippen molar-refractivity contribution in [3.8, 4) is 11.1 Å². The molecular formula is C27H24F3NO4. The van der Waals surface area contributed by atoms with Gasteiger partial charge in [0.05, 0.1) is 6.04 Å². The van der Waals surface area contributed by atoms with Gasteiger partial charge in [-0.2, -0.15) is 0 Å². The van der Waals surface area contributed by atoms with Crippen molar-refractivity contribution in [1.82, 2.24) is 4.90 Å². The first-order valence-electron chi connectivity index (χ1n) is 11.2. The summed E-state index contributed by atoms with van der Waals surface area (Å²) in [6, 6.07) is 15.5. The number of cyclic esters (lactones) is 1. The number of halogens is 3. The number of hydrogen-bond donors (Lipinski definition) is 1. The normalized spacial score (nSPS) is 18.7. The topological polar surface area (TPSA) is 66.8 Å². The molecule has 0 radical (unpaired) electrons. The van der Waals surface area contributed by atoms with Crippen LogP contribution in [0.1, 0.15) is 43.4 Å². The van der Waals surface area contributed by atoms with Crippen LogP contribution in [0.15, 0.2) is 66.7 Å². The van der Waals surface area contributed by atoms with Crippen molar-refractivity contribution in [3.63, 3.8) is 0 Å². The molecule has 1 aliphatic heterocycles. The number of carboxylic acid groups (broad SMARTS) is 1. The second kappa shape index (κ2) is 9.82. The standard InChI is InChI=1S/C27H24F3NO4/c1-17(18-2-4-19(5-3-18)23-11-10-22(29)16-24(23)30)31-15-14-27(35-26(31)34,13-12-25(32)33)20-6-8-21(28)9-7-20/h2-11,16-17H,12-15H2,1H3,(H,32,33)/t17-,27-/m0/s1. The van der Waals surface area contributed by atoms with E-state index in [1.165, 1.54) is 41.3 Å². The number of rotatable bonds is 7. The second-order valence-corrected chi connectivity index (χ2v) is 8.63. The van der Waals surface area contributed by atoms with E-state index in [0.717, 1.165) is 11.6 Å². The highest BCUT2D eigenvalue weighted by Gasteiger charge is 2.43. The highest BCUT2D eigenvalue weighted by Crippen LogP contribution is 2.40. The Morgan fingerprint density at radius 3 is 2.29 bits per heavy atom. The van der Waals surface area contributed by atoms with Gasteiger partial charge in [0.1, 0.15) is 23.1 Å². The third-order valence-corrected chi connectivity index (χ3v) is 6.49. The maximum Gasteiger partial charge on any atom is 0.411 e. The summed E-state index contributed by atoms with van der Waals surface area (Å²) >= 11 is 0. The number of hydrogen-bond acceptors (Lipinski definition) is 3. The zero-order chi connectivity index (χ0) is 25.2. The number of benzene rings is 3. The average molecular weight is 483 g/mol. The fourth-order valence-electron chi connectivity index (χ4n) is 4.45. The Morgan fingerprint density at radius 2 is 1.69 bits per heavy atom. The Morgan fingerprint density at radius 1 is 1.03 bits per heavy atom. The molecule has 2 atom stereocenters. The summed E-state index contributed by atoms with van der Waals surface area (Å²) in [6.45, 7) is 2.13. The molecular weight excluding hydrogens is 459 g/mol. The van der Waals surface area contributed by atoms with Crippen LogP contribution < -0.4 is 0 Å². The Balaban J connectivity index is 1.53. The fourth-order valence-corrected chi connectivity index (χ4v) is 4.45. The third kappa shape index (κ3) is 5.16. The molecule has 0 aromatic heterocycles. The summed E-state index contributed by atoms with van der Waals surface area (Å²) in [4.78, 5) is 25.8. The lowest BCUT2D eigenvalue weighted by molar-refractivity contribution is -0.139. The largest absolute Gasteiger partial charge is 0.481 e. The van der Waals surface area contributed by atoms with Gasteiger partial charge in [-0.1, -0.05) is 36.4 Å². The van der Waals surface area contributed by atoms with Crippen LogP contribution in [0.5, 0.6) is 0 Å². The van der Waals surface area contributed by atoms with Gasteiger partial charge in [0.25, 0.3) is 0 Å². The quantitative estimate of drug-likeness (QED) is 0.420. The van der Waals surface area contributed by atoms with Gasteiger partial charge in [-0.25, -0.2) is 18.0 Å². The summed E-state index contributed by atoms with van der Waals surface area (Å²) in [7, 11) is 0. The molecule has 1 saturated heterocycles. The zero-order valence-corrected chi connectivity index (χ0v) is 19.0. The van der Waals surface area contributed by atoms with E-state index in [1.807, 2.05) is 6.92 Å². The van der Waals surface area contributed by atoms with Crippen LogP contribution in [0, 0.1) is 17.5 Å². The van der Waals surface area contributed by atoms with E-state index >= 15 is 0 Å². The molecule has 3 aromatic rings. The lowest BCUT2D eigenvalue weighted by Gasteiger charge is -2.43. The summed E-state index contributed by atoms with van der Waals surface area (Å²) in [5.41, 5.74) is 1.01. The highest BCUT2D eigenvalue weighted by atomic mass is 19.1. The van der Waals surface area contributed by atoms with E-state index in [9.17, 15) is 27.9 Å². The van der Waals surface area contributed by atoms with Crippen LogP contribution in [0.2, 0.25) is 0 Å². The van der Waals surface area contributed by atoms with Crippen molar-refractivity contribution in [2.45, 2.75) is 37.8 Å². The van der Waals surface area contributed by atoms with E-state index in [4.69, 9.17) is 4.74 Å². The number of ether oxygens (including phenoxy) is 1. The molecule has 8 heteroatoms. The number of amides is 1. The van der Waals surface area contributed by atoms with Crippen molar-refractivity contribution < 1.29 is 32.6 Å². The van der Waals surface area contributed by atoms with E-state index in [0.29, 0.717) is 24.1 Å². The molecule has 1 amide bonds. The summed E-state index contributed by atoms with van der Waals surface area (Å²) in [5, 5.41) is 9.19. The smallest absolute Gasteiger partial charge is 0.411 e. The zero-order valence-electron chi connectivity index (χ0n) is 19.0. The SMILES string of the molecule is C[C@@H](c1ccc(-c2ccc(F)cc2F)cc1)N1CC[C@@](CCC(=O)O)(c2ccc(F)cc2)OC1=O. The number of aliphatic carboxylic acids is 1. The van der Waals surface area contributed by atoms with Crippen LogP contribution in [0.4, 0.5) is 18.0 Å². The molecule has 35 heavy (non-hydrogen) atoms. The average Bonchev–Trinajstić information content (AvgIpc) is 2.83. The van der Waals surface area contributed by atoms with Gasteiger partial charge >= 0.3 is 12.1 Å². The minimum absolute atomic E-state index is 0.0693. The molecule has 1 heterocycles. The molecule has 1 fully saturated rings. The molecule has 5 nitrogen and oxygen atoms in total. The fraction of sp³-hybridized carbons (Fsp3) is 0.259. The number of carboxylic acids is 1. The van der Waals surface area contributed by atoms with Gasteiger partial charge in [-0.15, -0.1) is 0 Å². The summed E-state index contributed by atoms with van der Waals surface area (Å²) < 4.78 is 46.6. The molecule has 3 aromatic carbocycles. The molecule has 4 rings (SSSR count). The third-order valence-electron chi connectivity index (χ3n) is 6.49. The van der Waals surface area contributed by atoms with Gasteiger partial charge in [0.15, 0.2) is 0 Å². The molecule has 1 aliphatic rings. The Labute approximate surface area is 200 Å². The van der Waals surface area contributed by atoms with Crippen molar-refractivity contribution in [2.75, 3.05) is 6.54 Å². The molecule has 0 aliphatic carbocycles. The summed E-state index contributed by atoms with van der Waals surface area (Å²) in [6.07, 6.45) is -0.408. The first-order valence-corrected chi connectivity index (χ1v) is 11.2. The van der Waals surface area contributed by atoms with Crippen molar-refractivity contribution >= 4 is 12.1 Å². The van der Waals surface area contributed by atoms with E-state index in [2.05, 4.69) is 0 Å². The summed E-state index contributed by atoms with van der Waals surface area (Å²) in [5.74, 6) is -2.77. The lowest BCUT2D eigenvalue weighted by Crippen LogP contribution is -2.49. The first-order chi connectivity index (χ1) is 16.7. The Hall–Kier alpha value is -3.81. The molecule has 1 N–H and O–H groups in total. The van der Waals surface area contributed by atoms with Crippen molar-refractivity contribution in [2.24, 2.45) is 0 Å². The Bertz CT molecular complexity index is 1230. The van der Waals surface area contributed by atoms with Crippen LogP contribution in [-0.2, 0) is 15.1 Å².